The number of nitrogens with zero attached hydrogens (tertiary/aromatic N) is 2. The molecule has 0 saturated carbocycles. The molecule has 5 nitrogen and oxygen atoms in total. The lowest BCUT2D eigenvalue weighted by Gasteiger charge is -2.24. The average Bonchev–Trinajstić information content (AvgIpc) is 3.04. The fraction of sp³-hybridized carbons (Fsp3) is 0.529. The molecule has 22 heavy (non-hydrogen) atoms. The number of urea groups is 1. The van der Waals surface area contributed by atoms with Crippen LogP contribution >= 0.6 is 0 Å². The van der Waals surface area contributed by atoms with E-state index in [-0.39, 0.29) is 11.9 Å². The number of amides is 3. The normalized spacial score (nSPS) is 23.5. The Morgan fingerprint density at radius 1 is 1.36 bits per heavy atom. The van der Waals surface area contributed by atoms with Crippen LogP contribution in [0.5, 0.6) is 0 Å². The summed E-state index contributed by atoms with van der Waals surface area (Å²) in [6.45, 7) is 5.89. The Morgan fingerprint density at radius 2 is 2.09 bits per heavy atom. The van der Waals surface area contributed by atoms with Gasteiger partial charge in [0.25, 0.3) is 0 Å². The van der Waals surface area contributed by atoms with Crippen LogP contribution in [0.25, 0.3) is 0 Å². The molecule has 1 aromatic carbocycles. The van der Waals surface area contributed by atoms with E-state index in [0.29, 0.717) is 32.0 Å². The molecule has 0 unspecified atom stereocenters. The Bertz CT molecular complexity index is 614. The Kier molecular flexibility index (Phi) is 3.59. The zero-order chi connectivity index (χ0) is 15.9. The number of benzene rings is 1. The van der Waals surface area contributed by atoms with Crippen molar-refractivity contribution in [1.82, 2.24) is 10.2 Å². The van der Waals surface area contributed by atoms with Crippen molar-refractivity contribution in [1.29, 1.82) is 0 Å². The van der Waals surface area contributed by atoms with Gasteiger partial charge in [-0.2, -0.15) is 0 Å². The van der Waals surface area contributed by atoms with Gasteiger partial charge in [0.2, 0.25) is 5.91 Å². The van der Waals surface area contributed by atoms with Crippen LogP contribution in [-0.4, -0.2) is 43.5 Å². The van der Waals surface area contributed by atoms with E-state index in [4.69, 9.17) is 0 Å². The summed E-state index contributed by atoms with van der Waals surface area (Å²) in [6, 6.07) is 7.85. The van der Waals surface area contributed by atoms with Crippen molar-refractivity contribution in [2.75, 3.05) is 31.6 Å². The first-order chi connectivity index (χ1) is 10.5. The van der Waals surface area contributed by atoms with E-state index in [2.05, 4.69) is 19.2 Å². The molecular weight excluding hydrogens is 278 g/mol. The standard InChI is InChI=1S/C17H23N3O2/c1-12(2)10-18-16(22)20-9-8-17(11-20)13-6-4-5-7-14(13)19(3)15(17)21/h4-7,12H,8-11H2,1-3H3,(H,18,22)/t17-/m1/s1. The number of likely N-dealkylation sites (tertiary alicyclic amines) is 1. The number of rotatable bonds is 2. The van der Waals surface area contributed by atoms with Crippen molar-refractivity contribution in [2.24, 2.45) is 5.92 Å². The second-order valence-electron chi connectivity index (χ2n) is 6.71. The van der Waals surface area contributed by atoms with Crippen LogP contribution in [-0.2, 0) is 10.2 Å². The van der Waals surface area contributed by atoms with Crippen LogP contribution in [0.3, 0.4) is 0 Å². The number of hydrogen-bond acceptors (Lipinski definition) is 2. The second-order valence-corrected chi connectivity index (χ2v) is 6.71. The largest absolute Gasteiger partial charge is 0.338 e. The molecule has 0 radical (unpaired) electrons. The fourth-order valence-corrected chi connectivity index (χ4v) is 3.50. The van der Waals surface area contributed by atoms with Crippen LogP contribution in [0, 0.1) is 5.92 Å². The van der Waals surface area contributed by atoms with Crippen LogP contribution in [0.4, 0.5) is 10.5 Å². The molecule has 0 bridgehead atoms. The van der Waals surface area contributed by atoms with E-state index >= 15 is 0 Å². The Labute approximate surface area is 131 Å². The van der Waals surface area contributed by atoms with Crippen LogP contribution < -0.4 is 10.2 Å². The smallest absolute Gasteiger partial charge is 0.317 e. The quantitative estimate of drug-likeness (QED) is 0.908. The van der Waals surface area contributed by atoms with E-state index in [1.54, 1.807) is 9.80 Å². The molecule has 118 valence electrons. The summed E-state index contributed by atoms with van der Waals surface area (Å²) in [5.41, 5.74) is 1.47. The number of anilines is 1. The second kappa shape index (κ2) is 5.30. The molecule has 1 atom stereocenters. The molecule has 2 heterocycles. The van der Waals surface area contributed by atoms with Gasteiger partial charge >= 0.3 is 6.03 Å². The summed E-state index contributed by atoms with van der Waals surface area (Å²) >= 11 is 0. The lowest BCUT2D eigenvalue weighted by Crippen LogP contribution is -2.45. The third kappa shape index (κ3) is 2.16. The van der Waals surface area contributed by atoms with Gasteiger partial charge in [-0.15, -0.1) is 0 Å². The van der Waals surface area contributed by atoms with Gasteiger partial charge in [-0.25, -0.2) is 4.79 Å². The number of nitrogens with one attached hydrogen (secondary N) is 1. The number of likely N-dealkylation sites (N-methyl/N-ethyl adjacent to an activating group) is 1. The number of hydrogen-bond donors (Lipinski definition) is 1. The fourth-order valence-electron chi connectivity index (χ4n) is 3.50. The third-order valence-electron chi connectivity index (χ3n) is 4.71. The Morgan fingerprint density at radius 3 is 2.82 bits per heavy atom. The zero-order valence-corrected chi connectivity index (χ0v) is 13.4. The first kappa shape index (κ1) is 14.9. The number of carbonyl (C=O) groups is 2. The van der Waals surface area contributed by atoms with E-state index in [1.165, 1.54) is 0 Å². The van der Waals surface area contributed by atoms with Crippen molar-refractivity contribution in [2.45, 2.75) is 25.7 Å². The summed E-state index contributed by atoms with van der Waals surface area (Å²) in [5, 5.41) is 2.94. The topological polar surface area (TPSA) is 52.7 Å². The van der Waals surface area contributed by atoms with Gasteiger partial charge < -0.3 is 15.1 Å². The van der Waals surface area contributed by atoms with Gasteiger partial charge in [0.1, 0.15) is 0 Å². The van der Waals surface area contributed by atoms with Gasteiger partial charge in [0.15, 0.2) is 0 Å². The maximum atomic E-state index is 12.8. The predicted octanol–water partition coefficient (Wildman–Crippen LogP) is 1.97. The molecule has 1 fully saturated rings. The van der Waals surface area contributed by atoms with Crippen molar-refractivity contribution in [3.8, 4) is 0 Å². The molecule has 1 N–H and O–H groups in total. The van der Waals surface area contributed by atoms with Crippen LogP contribution in [0.15, 0.2) is 24.3 Å². The molecular formula is C17H23N3O2. The highest BCUT2D eigenvalue weighted by atomic mass is 16.2. The van der Waals surface area contributed by atoms with Gasteiger partial charge in [0.05, 0.1) is 5.41 Å². The minimum Gasteiger partial charge on any atom is -0.338 e. The first-order valence-corrected chi connectivity index (χ1v) is 7.86. The molecule has 3 amide bonds. The maximum Gasteiger partial charge on any atom is 0.317 e. The van der Waals surface area contributed by atoms with Crippen molar-refractivity contribution < 1.29 is 9.59 Å². The van der Waals surface area contributed by atoms with E-state index in [9.17, 15) is 9.59 Å². The Balaban J connectivity index is 1.82. The van der Waals surface area contributed by atoms with Crippen LogP contribution in [0.1, 0.15) is 25.8 Å². The maximum absolute atomic E-state index is 12.8. The lowest BCUT2D eigenvalue weighted by atomic mass is 9.81. The number of para-hydroxylation sites is 1. The number of fused-ring (bicyclic) bond motifs is 2. The number of carbonyl (C=O) groups excluding carboxylic acids is 2. The predicted molar refractivity (Wildman–Crippen MR) is 86.0 cm³/mol. The van der Waals surface area contributed by atoms with Crippen molar-refractivity contribution in [3.05, 3.63) is 29.8 Å². The van der Waals surface area contributed by atoms with Crippen molar-refractivity contribution in [3.63, 3.8) is 0 Å². The average molecular weight is 301 g/mol. The third-order valence-corrected chi connectivity index (χ3v) is 4.71. The highest BCUT2D eigenvalue weighted by Gasteiger charge is 2.54. The minimum atomic E-state index is -0.555. The van der Waals surface area contributed by atoms with E-state index < -0.39 is 5.41 Å². The highest BCUT2D eigenvalue weighted by Crippen LogP contribution is 2.46. The molecule has 1 spiro atoms. The molecule has 1 aromatic rings. The lowest BCUT2D eigenvalue weighted by molar-refractivity contribution is -0.122. The summed E-state index contributed by atoms with van der Waals surface area (Å²) in [4.78, 5) is 28.6. The first-order valence-electron chi connectivity index (χ1n) is 7.86. The molecule has 2 aliphatic heterocycles. The molecule has 0 aliphatic carbocycles. The van der Waals surface area contributed by atoms with E-state index in [1.807, 2.05) is 31.3 Å². The molecule has 2 aliphatic rings. The van der Waals surface area contributed by atoms with Crippen LogP contribution in [0.2, 0.25) is 0 Å². The summed E-state index contributed by atoms with van der Waals surface area (Å²) in [5.74, 6) is 0.522. The van der Waals surface area contributed by atoms with Crippen molar-refractivity contribution >= 4 is 17.6 Å². The SMILES string of the molecule is CC(C)CNC(=O)N1CC[C@]2(C1)C(=O)N(C)c1ccccc12. The molecule has 1 saturated heterocycles. The minimum absolute atomic E-state index is 0.0644. The van der Waals surface area contributed by atoms with E-state index in [0.717, 1.165) is 11.3 Å². The Hall–Kier alpha value is -2.04. The zero-order valence-electron chi connectivity index (χ0n) is 13.4. The summed E-state index contributed by atoms with van der Waals surface area (Å²) in [6.07, 6.45) is 0.697. The van der Waals surface area contributed by atoms with Gasteiger partial charge in [0, 0.05) is 32.4 Å². The molecule has 5 heteroatoms. The van der Waals surface area contributed by atoms with Gasteiger partial charge in [-0.05, 0) is 24.0 Å². The monoisotopic (exact) mass is 301 g/mol. The highest BCUT2D eigenvalue weighted by molar-refractivity contribution is 6.08. The summed E-state index contributed by atoms with van der Waals surface area (Å²) in [7, 11) is 1.82. The summed E-state index contributed by atoms with van der Waals surface area (Å²) < 4.78 is 0. The van der Waals surface area contributed by atoms with Gasteiger partial charge in [-0.3, -0.25) is 4.79 Å². The molecule has 0 aromatic heterocycles. The van der Waals surface area contributed by atoms with Gasteiger partial charge in [-0.1, -0.05) is 32.0 Å². The molecule has 3 rings (SSSR count).